The van der Waals surface area contributed by atoms with E-state index >= 15 is 0 Å². The number of ether oxygens (including phenoxy) is 2. The lowest BCUT2D eigenvalue weighted by Gasteiger charge is -2.22. The van der Waals surface area contributed by atoms with Gasteiger partial charge in [-0.05, 0) is 25.0 Å². The highest BCUT2D eigenvalue weighted by Crippen LogP contribution is 2.06. The molecule has 3 atom stereocenters. The molecule has 0 heterocycles. The molecule has 3 amide bonds. The van der Waals surface area contributed by atoms with Crippen LogP contribution < -0.4 is 16.0 Å². The van der Waals surface area contributed by atoms with Crippen LogP contribution in [0.25, 0.3) is 0 Å². The summed E-state index contributed by atoms with van der Waals surface area (Å²) in [7, 11) is 1.22. The van der Waals surface area contributed by atoms with E-state index in [9.17, 15) is 19.2 Å². The van der Waals surface area contributed by atoms with Crippen LogP contribution in [0.1, 0.15) is 25.0 Å². The number of rotatable bonds is 10. The van der Waals surface area contributed by atoms with E-state index in [-0.39, 0.29) is 13.0 Å². The third-order valence-corrected chi connectivity index (χ3v) is 4.77. The van der Waals surface area contributed by atoms with Crippen molar-refractivity contribution in [1.82, 2.24) is 16.0 Å². The zero-order chi connectivity index (χ0) is 24.2. The van der Waals surface area contributed by atoms with Crippen molar-refractivity contribution >= 4 is 23.9 Å². The fourth-order valence-electron chi connectivity index (χ4n) is 2.92. The zero-order valence-electron chi connectivity index (χ0n) is 18.9. The van der Waals surface area contributed by atoms with Crippen LogP contribution in [0.4, 0.5) is 4.79 Å². The Morgan fingerprint density at radius 1 is 0.758 bits per heavy atom. The molecule has 2 aromatic carbocycles. The summed E-state index contributed by atoms with van der Waals surface area (Å²) in [6.07, 6.45) is -0.564. The maximum atomic E-state index is 12.9. The molecule has 0 saturated carbocycles. The Hall–Kier alpha value is -3.88. The third-order valence-electron chi connectivity index (χ3n) is 4.77. The zero-order valence-corrected chi connectivity index (χ0v) is 18.9. The van der Waals surface area contributed by atoms with Gasteiger partial charge in [0.2, 0.25) is 11.8 Å². The molecule has 0 spiro atoms. The molecule has 2 aromatic rings. The van der Waals surface area contributed by atoms with Crippen LogP contribution in [-0.2, 0) is 36.9 Å². The summed E-state index contributed by atoms with van der Waals surface area (Å²) >= 11 is 0. The number of nitrogens with one attached hydrogen (secondary N) is 3. The summed E-state index contributed by atoms with van der Waals surface area (Å²) in [5.74, 6) is -1.73. The van der Waals surface area contributed by atoms with Gasteiger partial charge in [0.1, 0.15) is 24.7 Å². The van der Waals surface area contributed by atoms with Crippen molar-refractivity contribution < 1.29 is 28.7 Å². The number of alkyl carbamates (subject to hydrolysis) is 1. The van der Waals surface area contributed by atoms with E-state index in [1.54, 1.807) is 0 Å². The largest absolute Gasteiger partial charge is 0.467 e. The van der Waals surface area contributed by atoms with Crippen molar-refractivity contribution in [1.29, 1.82) is 0 Å². The predicted octanol–water partition coefficient (Wildman–Crippen LogP) is 1.71. The van der Waals surface area contributed by atoms with Gasteiger partial charge in [0.15, 0.2) is 0 Å². The molecule has 0 aliphatic rings. The van der Waals surface area contributed by atoms with E-state index in [0.717, 1.165) is 11.1 Å². The van der Waals surface area contributed by atoms with Crippen molar-refractivity contribution in [3.63, 3.8) is 0 Å². The summed E-state index contributed by atoms with van der Waals surface area (Å²) in [5.41, 5.74) is 1.62. The fraction of sp³-hybridized carbons (Fsp3) is 0.333. The highest BCUT2D eigenvalue weighted by Gasteiger charge is 2.26. The maximum absolute atomic E-state index is 12.9. The minimum atomic E-state index is -0.982. The van der Waals surface area contributed by atoms with E-state index in [1.807, 2.05) is 60.7 Å². The number of esters is 1. The Labute approximate surface area is 192 Å². The van der Waals surface area contributed by atoms with E-state index in [0.29, 0.717) is 0 Å². The average Bonchev–Trinajstić information content (AvgIpc) is 2.82. The summed E-state index contributed by atoms with van der Waals surface area (Å²) < 4.78 is 9.80. The molecular weight excluding hydrogens is 426 g/mol. The van der Waals surface area contributed by atoms with Gasteiger partial charge in [-0.15, -0.1) is 0 Å². The normalized spacial score (nSPS) is 13.1. The predicted molar refractivity (Wildman–Crippen MR) is 121 cm³/mol. The second kappa shape index (κ2) is 12.8. The van der Waals surface area contributed by atoms with Crippen LogP contribution in [0.15, 0.2) is 60.7 Å². The first kappa shape index (κ1) is 25.4. The third kappa shape index (κ3) is 8.64. The topological polar surface area (TPSA) is 123 Å². The number of amides is 3. The first-order chi connectivity index (χ1) is 15.8. The van der Waals surface area contributed by atoms with Crippen molar-refractivity contribution in [3.8, 4) is 0 Å². The minimum absolute atomic E-state index is 0.0522. The van der Waals surface area contributed by atoms with Crippen LogP contribution in [0.5, 0.6) is 0 Å². The van der Waals surface area contributed by atoms with Gasteiger partial charge < -0.3 is 25.4 Å². The molecule has 0 unspecified atom stereocenters. The van der Waals surface area contributed by atoms with Crippen LogP contribution in [0.3, 0.4) is 0 Å². The van der Waals surface area contributed by atoms with Gasteiger partial charge in [-0.1, -0.05) is 60.7 Å². The Morgan fingerprint density at radius 2 is 1.30 bits per heavy atom. The molecule has 0 fully saturated rings. The summed E-state index contributed by atoms with van der Waals surface area (Å²) in [4.78, 5) is 49.1. The number of carbonyl (C=O) groups is 4. The van der Waals surface area contributed by atoms with E-state index in [2.05, 4.69) is 20.7 Å². The fourth-order valence-corrected chi connectivity index (χ4v) is 2.92. The second-order valence-corrected chi connectivity index (χ2v) is 7.43. The van der Waals surface area contributed by atoms with Crippen molar-refractivity contribution in [2.45, 2.75) is 45.0 Å². The molecule has 0 saturated heterocycles. The molecule has 0 radical (unpaired) electrons. The van der Waals surface area contributed by atoms with Crippen molar-refractivity contribution in [2.75, 3.05) is 7.11 Å². The van der Waals surface area contributed by atoms with Gasteiger partial charge in [-0.25, -0.2) is 9.59 Å². The first-order valence-corrected chi connectivity index (χ1v) is 10.5. The summed E-state index contributed by atoms with van der Waals surface area (Å²) in [6, 6.07) is 15.5. The molecule has 9 heteroatoms. The standard InChI is InChI=1S/C24H29N3O6/c1-16(21(28)26-17(2)23(30)32-3)25-22(29)20(14-18-10-6-4-7-11-18)27-24(31)33-15-19-12-8-5-9-13-19/h4-13,16-17,20H,14-15H2,1-3H3,(H,25,29)(H,26,28)(H,27,31)/t16-,17-,20-/m0/s1. The molecule has 33 heavy (non-hydrogen) atoms. The SMILES string of the molecule is COC(=O)[C@H](C)NC(=O)[C@H](C)NC(=O)[C@H](Cc1ccccc1)NC(=O)OCc1ccccc1. The first-order valence-electron chi connectivity index (χ1n) is 10.5. The average molecular weight is 456 g/mol. The summed E-state index contributed by atoms with van der Waals surface area (Å²) in [6.45, 7) is 3.00. The molecule has 3 N–H and O–H groups in total. The molecule has 0 aliphatic heterocycles. The quantitative estimate of drug-likeness (QED) is 0.469. The number of methoxy groups -OCH3 is 1. The number of carbonyl (C=O) groups excluding carboxylic acids is 4. The monoisotopic (exact) mass is 455 g/mol. The number of hydrogen-bond donors (Lipinski definition) is 3. The lowest BCUT2D eigenvalue weighted by Crippen LogP contribution is -2.55. The van der Waals surface area contributed by atoms with E-state index in [1.165, 1.54) is 21.0 Å². The Morgan fingerprint density at radius 3 is 1.88 bits per heavy atom. The molecule has 0 bridgehead atoms. The molecular formula is C24H29N3O6. The van der Waals surface area contributed by atoms with Gasteiger partial charge in [-0.2, -0.15) is 0 Å². The number of hydrogen-bond acceptors (Lipinski definition) is 6. The maximum Gasteiger partial charge on any atom is 0.408 e. The Balaban J connectivity index is 2.00. The smallest absolute Gasteiger partial charge is 0.408 e. The molecule has 0 aromatic heterocycles. The summed E-state index contributed by atoms with van der Waals surface area (Å²) in [5, 5.41) is 7.60. The second-order valence-electron chi connectivity index (χ2n) is 7.43. The lowest BCUT2D eigenvalue weighted by molar-refractivity contribution is -0.144. The molecule has 176 valence electrons. The highest BCUT2D eigenvalue weighted by atomic mass is 16.5. The Bertz CT molecular complexity index is 936. The Kier molecular flexibility index (Phi) is 9.88. The molecule has 9 nitrogen and oxygen atoms in total. The van der Waals surface area contributed by atoms with Gasteiger partial charge >= 0.3 is 12.1 Å². The highest BCUT2D eigenvalue weighted by molar-refractivity contribution is 5.92. The molecule has 0 aliphatic carbocycles. The number of benzene rings is 2. The molecule has 2 rings (SSSR count). The van der Waals surface area contributed by atoms with Gasteiger partial charge in [-0.3, -0.25) is 9.59 Å². The lowest BCUT2D eigenvalue weighted by atomic mass is 10.1. The van der Waals surface area contributed by atoms with Gasteiger partial charge in [0, 0.05) is 6.42 Å². The van der Waals surface area contributed by atoms with E-state index < -0.39 is 42.0 Å². The van der Waals surface area contributed by atoms with Crippen molar-refractivity contribution in [2.24, 2.45) is 0 Å². The van der Waals surface area contributed by atoms with Crippen LogP contribution in [0, 0.1) is 0 Å². The van der Waals surface area contributed by atoms with E-state index in [4.69, 9.17) is 4.74 Å². The van der Waals surface area contributed by atoms with Crippen LogP contribution >= 0.6 is 0 Å². The minimum Gasteiger partial charge on any atom is -0.467 e. The van der Waals surface area contributed by atoms with Crippen LogP contribution in [0.2, 0.25) is 0 Å². The van der Waals surface area contributed by atoms with Gasteiger partial charge in [0.05, 0.1) is 7.11 Å². The van der Waals surface area contributed by atoms with Crippen molar-refractivity contribution in [3.05, 3.63) is 71.8 Å². The van der Waals surface area contributed by atoms with Crippen LogP contribution in [-0.4, -0.2) is 49.1 Å². The van der Waals surface area contributed by atoms with Gasteiger partial charge in [0.25, 0.3) is 0 Å².